The van der Waals surface area contributed by atoms with Gasteiger partial charge in [-0.15, -0.1) is 0 Å². The van der Waals surface area contributed by atoms with E-state index in [0.717, 1.165) is 48.5 Å². The van der Waals surface area contributed by atoms with Gasteiger partial charge in [-0.05, 0) is 37.8 Å². The van der Waals surface area contributed by atoms with Crippen LogP contribution in [0.4, 0.5) is 5.82 Å². The Morgan fingerprint density at radius 2 is 1.93 bits per heavy atom. The normalized spacial score (nSPS) is 18.5. The van der Waals surface area contributed by atoms with E-state index in [1.54, 1.807) is 0 Å². The van der Waals surface area contributed by atoms with Gasteiger partial charge >= 0.3 is 5.97 Å². The van der Waals surface area contributed by atoms with E-state index in [9.17, 15) is 4.79 Å². The van der Waals surface area contributed by atoms with Gasteiger partial charge in [-0.25, -0.2) is 4.99 Å². The van der Waals surface area contributed by atoms with Crippen LogP contribution in [0.1, 0.15) is 68.3 Å². The highest BCUT2D eigenvalue weighted by atomic mass is 16.5. The molecule has 2 atom stereocenters. The van der Waals surface area contributed by atoms with Gasteiger partial charge in [0.2, 0.25) is 0 Å². The maximum absolute atomic E-state index is 13.2. The van der Waals surface area contributed by atoms with E-state index in [1.807, 2.05) is 31.6 Å². The molecule has 0 saturated heterocycles. The molecule has 0 amide bonds. The molecular formula is C23H31N3O2. The average Bonchev–Trinajstić information content (AvgIpc) is 2.97. The molecule has 2 aromatic rings. The fourth-order valence-corrected chi connectivity index (χ4v) is 4.22. The summed E-state index contributed by atoms with van der Waals surface area (Å²) in [6.45, 7) is 8.70. The number of unbranched alkanes of at least 4 members (excludes halogenated alkanes) is 2. The first-order chi connectivity index (χ1) is 13.5. The van der Waals surface area contributed by atoms with Crippen molar-refractivity contribution in [3.8, 4) is 0 Å². The number of fused-ring (bicyclic) bond motifs is 1. The second-order valence-electron chi connectivity index (χ2n) is 7.58. The number of aliphatic imine (C=N–C) groups is 1. The first-order valence-electron chi connectivity index (χ1n) is 10.3. The Balaban J connectivity index is 2.06. The van der Waals surface area contributed by atoms with Crippen LogP contribution in [0, 0.1) is 12.8 Å². The summed E-state index contributed by atoms with van der Waals surface area (Å²) in [5, 5.41) is 4.60. The number of nitrogens with zero attached hydrogens (tertiary/aromatic N) is 3. The molecule has 0 N–H and O–H groups in total. The van der Waals surface area contributed by atoms with Crippen LogP contribution >= 0.6 is 0 Å². The maximum atomic E-state index is 13.2. The summed E-state index contributed by atoms with van der Waals surface area (Å²) in [7, 11) is 1.91. The first-order valence-corrected chi connectivity index (χ1v) is 10.3. The van der Waals surface area contributed by atoms with Crippen molar-refractivity contribution in [1.29, 1.82) is 0 Å². The highest BCUT2D eigenvalue weighted by Crippen LogP contribution is 2.45. The molecule has 0 bridgehead atoms. The predicted molar refractivity (Wildman–Crippen MR) is 112 cm³/mol. The Bertz CT molecular complexity index is 882. The lowest BCUT2D eigenvalue weighted by molar-refractivity contribution is -0.146. The van der Waals surface area contributed by atoms with E-state index in [2.05, 4.69) is 37.1 Å². The van der Waals surface area contributed by atoms with Crippen LogP contribution < -0.4 is 0 Å². The Labute approximate surface area is 167 Å². The number of aryl methyl sites for hydroxylation is 3. The molecule has 0 aliphatic carbocycles. The van der Waals surface area contributed by atoms with Crippen LogP contribution in [0.3, 0.4) is 0 Å². The topological polar surface area (TPSA) is 56.5 Å². The van der Waals surface area contributed by atoms with Crippen molar-refractivity contribution in [2.24, 2.45) is 18.0 Å². The summed E-state index contributed by atoms with van der Waals surface area (Å²) in [6, 6.07) is 8.38. The number of rotatable bonds is 7. The van der Waals surface area contributed by atoms with Crippen LogP contribution in [0.15, 0.2) is 29.3 Å². The third-order valence-corrected chi connectivity index (χ3v) is 5.63. The van der Waals surface area contributed by atoms with Gasteiger partial charge in [-0.3, -0.25) is 9.48 Å². The van der Waals surface area contributed by atoms with E-state index in [0.29, 0.717) is 6.61 Å². The zero-order chi connectivity index (χ0) is 20.3. The molecule has 1 aromatic heterocycles. The van der Waals surface area contributed by atoms with Crippen molar-refractivity contribution in [2.75, 3.05) is 6.61 Å². The molecule has 150 valence electrons. The molecule has 2 heterocycles. The third kappa shape index (κ3) is 3.75. The molecule has 1 aliphatic rings. The van der Waals surface area contributed by atoms with E-state index in [-0.39, 0.29) is 11.9 Å². The summed E-state index contributed by atoms with van der Waals surface area (Å²) in [5.74, 6) is 0.142. The first kappa shape index (κ1) is 20.3. The van der Waals surface area contributed by atoms with Crippen LogP contribution in [0.5, 0.6) is 0 Å². The monoisotopic (exact) mass is 381 g/mol. The van der Waals surface area contributed by atoms with E-state index in [1.165, 1.54) is 11.1 Å². The summed E-state index contributed by atoms with van der Waals surface area (Å²) in [5.41, 5.74) is 5.19. The molecule has 0 spiro atoms. The minimum absolute atomic E-state index is 0.115. The molecule has 0 radical (unpaired) electrons. The molecule has 5 heteroatoms. The van der Waals surface area contributed by atoms with Crippen molar-refractivity contribution >= 4 is 17.5 Å². The van der Waals surface area contributed by atoms with E-state index >= 15 is 0 Å². The molecule has 5 nitrogen and oxygen atoms in total. The van der Waals surface area contributed by atoms with Gasteiger partial charge in [0.1, 0.15) is 5.92 Å². The number of carbonyl (C=O) groups excluding carboxylic acids is 1. The van der Waals surface area contributed by atoms with Crippen molar-refractivity contribution in [1.82, 2.24) is 9.78 Å². The number of benzene rings is 1. The zero-order valence-corrected chi connectivity index (χ0v) is 17.7. The second-order valence-corrected chi connectivity index (χ2v) is 7.58. The fourth-order valence-electron chi connectivity index (χ4n) is 4.22. The van der Waals surface area contributed by atoms with Crippen LogP contribution in [-0.2, 0) is 23.0 Å². The van der Waals surface area contributed by atoms with E-state index in [4.69, 9.17) is 9.73 Å². The van der Waals surface area contributed by atoms with Crippen molar-refractivity contribution in [3.05, 3.63) is 46.6 Å². The number of ether oxygens (including phenoxy) is 1. The van der Waals surface area contributed by atoms with Crippen molar-refractivity contribution < 1.29 is 9.53 Å². The Morgan fingerprint density at radius 1 is 1.18 bits per heavy atom. The minimum atomic E-state index is -0.412. The quantitative estimate of drug-likeness (QED) is 0.507. The van der Waals surface area contributed by atoms with Crippen molar-refractivity contribution in [3.63, 3.8) is 0 Å². The lowest BCUT2D eigenvalue weighted by Crippen LogP contribution is -2.34. The zero-order valence-electron chi connectivity index (χ0n) is 17.7. The van der Waals surface area contributed by atoms with E-state index < -0.39 is 5.92 Å². The number of aromatic nitrogens is 2. The van der Waals surface area contributed by atoms with Gasteiger partial charge in [-0.2, -0.15) is 5.10 Å². The lowest BCUT2D eigenvalue weighted by Gasteiger charge is -2.31. The summed E-state index contributed by atoms with van der Waals surface area (Å²) in [4.78, 5) is 17.9. The fraction of sp³-hybridized carbons (Fsp3) is 0.522. The standard InChI is InChI=1S/C23H31N3O2/c1-6-8-11-14-28-23(27)20-15(3)24-22-19(16(4)25-26(22)5)21(20)18-13-10-9-12-17(18)7-2/h9-10,12-13,20-21H,6-8,11,14H2,1-5H3. The molecule has 0 saturated carbocycles. The lowest BCUT2D eigenvalue weighted by atomic mass is 9.75. The van der Waals surface area contributed by atoms with Crippen LogP contribution in [-0.4, -0.2) is 28.1 Å². The molecule has 0 fully saturated rings. The highest BCUT2D eigenvalue weighted by molar-refractivity contribution is 6.05. The van der Waals surface area contributed by atoms with Crippen LogP contribution in [0.25, 0.3) is 0 Å². The SMILES string of the molecule is CCCCCOC(=O)C1C(C)=Nc2c(c(C)nn2C)C1c1ccccc1CC. The minimum Gasteiger partial charge on any atom is -0.465 e. The Kier molecular flexibility index (Phi) is 6.32. The summed E-state index contributed by atoms with van der Waals surface area (Å²) >= 11 is 0. The summed E-state index contributed by atoms with van der Waals surface area (Å²) in [6.07, 6.45) is 3.99. The molecule has 3 rings (SSSR count). The largest absolute Gasteiger partial charge is 0.465 e. The molecule has 2 unspecified atom stereocenters. The van der Waals surface area contributed by atoms with Gasteiger partial charge in [0.15, 0.2) is 5.82 Å². The Hall–Kier alpha value is -2.43. The second kappa shape index (κ2) is 8.72. The van der Waals surface area contributed by atoms with Gasteiger partial charge in [0, 0.05) is 24.2 Å². The predicted octanol–water partition coefficient (Wildman–Crippen LogP) is 4.88. The number of carbonyl (C=O) groups is 1. The maximum Gasteiger partial charge on any atom is 0.315 e. The van der Waals surface area contributed by atoms with Gasteiger partial charge in [-0.1, -0.05) is 51.0 Å². The van der Waals surface area contributed by atoms with Gasteiger partial charge in [0.25, 0.3) is 0 Å². The Morgan fingerprint density at radius 3 is 2.64 bits per heavy atom. The summed E-state index contributed by atoms with van der Waals surface area (Å²) < 4.78 is 7.51. The molecule has 1 aliphatic heterocycles. The number of hydrogen-bond acceptors (Lipinski definition) is 4. The number of esters is 1. The van der Waals surface area contributed by atoms with Gasteiger partial charge in [0.05, 0.1) is 12.3 Å². The number of hydrogen-bond donors (Lipinski definition) is 0. The smallest absolute Gasteiger partial charge is 0.315 e. The van der Waals surface area contributed by atoms with Crippen LogP contribution in [0.2, 0.25) is 0 Å². The van der Waals surface area contributed by atoms with Gasteiger partial charge < -0.3 is 4.74 Å². The highest BCUT2D eigenvalue weighted by Gasteiger charge is 2.41. The molecule has 28 heavy (non-hydrogen) atoms. The molecular weight excluding hydrogens is 350 g/mol. The van der Waals surface area contributed by atoms with Crippen molar-refractivity contribution in [2.45, 2.75) is 59.3 Å². The molecule has 1 aromatic carbocycles. The third-order valence-electron chi connectivity index (χ3n) is 5.63. The average molecular weight is 382 g/mol.